The molecule has 0 saturated heterocycles. The van der Waals surface area contributed by atoms with Gasteiger partial charge < -0.3 is 4.74 Å². The van der Waals surface area contributed by atoms with Crippen LogP contribution in [0.5, 0.6) is 5.75 Å². The van der Waals surface area contributed by atoms with Crippen LogP contribution >= 0.6 is 0 Å². The first-order valence-electron chi connectivity index (χ1n) is 5.16. The van der Waals surface area contributed by atoms with Gasteiger partial charge in [-0.1, -0.05) is 30.3 Å². The van der Waals surface area contributed by atoms with Gasteiger partial charge in [-0.05, 0) is 18.4 Å². The van der Waals surface area contributed by atoms with Crippen molar-refractivity contribution >= 4 is 20.9 Å². The lowest BCUT2D eigenvalue weighted by Crippen LogP contribution is -2.04. The van der Waals surface area contributed by atoms with Crippen LogP contribution in [0.1, 0.15) is 6.92 Å². The number of rotatable bonds is 3. The van der Waals surface area contributed by atoms with E-state index in [1.54, 1.807) is 43.3 Å². The highest BCUT2D eigenvalue weighted by atomic mass is 32.2. The minimum atomic E-state index is -4.31. The number of hydrogen-bond donors (Lipinski definition) is 1. The quantitative estimate of drug-likeness (QED) is 0.852. The van der Waals surface area contributed by atoms with E-state index in [4.69, 9.17) is 4.74 Å². The monoisotopic (exact) mass is 252 g/mol. The average molecular weight is 252 g/mol. The van der Waals surface area contributed by atoms with Gasteiger partial charge in [0, 0.05) is 5.39 Å². The summed E-state index contributed by atoms with van der Waals surface area (Å²) in [7, 11) is -4.31. The Balaban J connectivity index is 2.85. The summed E-state index contributed by atoms with van der Waals surface area (Å²) in [6.07, 6.45) is 0. The van der Waals surface area contributed by atoms with Crippen molar-refractivity contribution in [1.29, 1.82) is 0 Å². The predicted molar refractivity (Wildman–Crippen MR) is 64.9 cm³/mol. The topological polar surface area (TPSA) is 63.6 Å². The molecule has 0 atom stereocenters. The maximum absolute atomic E-state index is 11.4. The fourth-order valence-electron chi connectivity index (χ4n) is 1.76. The number of fused-ring (bicyclic) bond motifs is 1. The van der Waals surface area contributed by atoms with Gasteiger partial charge in [0.2, 0.25) is 0 Å². The minimum Gasteiger partial charge on any atom is -0.492 e. The summed E-state index contributed by atoms with van der Waals surface area (Å²) in [5.41, 5.74) is 0. The van der Waals surface area contributed by atoms with Crippen LogP contribution in [0.15, 0.2) is 41.3 Å². The Kier molecular flexibility index (Phi) is 3.04. The van der Waals surface area contributed by atoms with E-state index >= 15 is 0 Å². The summed E-state index contributed by atoms with van der Waals surface area (Å²) in [5, 5.41) is 1.20. The van der Waals surface area contributed by atoms with E-state index < -0.39 is 10.1 Å². The molecule has 2 rings (SSSR count). The van der Waals surface area contributed by atoms with E-state index in [9.17, 15) is 13.0 Å². The lowest BCUT2D eigenvalue weighted by Gasteiger charge is -2.10. The van der Waals surface area contributed by atoms with Crippen LogP contribution in [-0.4, -0.2) is 19.6 Å². The van der Waals surface area contributed by atoms with E-state index in [0.717, 1.165) is 5.39 Å². The molecule has 17 heavy (non-hydrogen) atoms. The highest BCUT2D eigenvalue weighted by Gasteiger charge is 2.20. The average Bonchev–Trinajstić information content (AvgIpc) is 2.27. The maximum atomic E-state index is 11.4. The molecule has 0 bridgehead atoms. The van der Waals surface area contributed by atoms with E-state index in [1.165, 1.54) is 0 Å². The Hall–Kier alpha value is -1.59. The predicted octanol–water partition coefficient (Wildman–Crippen LogP) is 2.49. The van der Waals surface area contributed by atoms with E-state index in [-0.39, 0.29) is 10.6 Å². The van der Waals surface area contributed by atoms with Crippen molar-refractivity contribution in [1.82, 2.24) is 0 Å². The Morgan fingerprint density at radius 2 is 1.88 bits per heavy atom. The van der Waals surface area contributed by atoms with Crippen molar-refractivity contribution in [3.05, 3.63) is 36.4 Å². The molecule has 0 aliphatic carbocycles. The Morgan fingerprint density at radius 3 is 2.53 bits per heavy atom. The van der Waals surface area contributed by atoms with Crippen molar-refractivity contribution in [3.8, 4) is 5.75 Å². The van der Waals surface area contributed by atoms with Crippen LogP contribution in [-0.2, 0) is 10.1 Å². The van der Waals surface area contributed by atoms with Crippen molar-refractivity contribution in [3.63, 3.8) is 0 Å². The third-order valence-electron chi connectivity index (χ3n) is 2.40. The third-order valence-corrected chi connectivity index (χ3v) is 3.34. The summed E-state index contributed by atoms with van der Waals surface area (Å²) in [6.45, 7) is 2.09. The first-order chi connectivity index (χ1) is 8.04. The fraction of sp³-hybridized carbons (Fsp3) is 0.167. The Morgan fingerprint density at radius 1 is 1.18 bits per heavy atom. The van der Waals surface area contributed by atoms with Crippen molar-refractivity contribution in [2.24, 2.45) is 0 Å². The molecule has 0 aliphatic rings. The second-order valence-corrected chi connectivity index (χ2v) is 4.88. The van der Waals surface area contributed by atoms with Gasteiger partial charge in [-0.15, -0.1) is 0 Å². The molecule has 90 valence electrons. The molecule has 4 nitrogen and oxygen atoms in total. The Bertz CT molecular complexity index is 647. The molecule has 0 aromatic heterocycles. The molecular weight excluding hydrogens is 240 g/mol. The van der Waals surface area contributed by atoms with Crippen molar-refractivity contribution < 1.29 is 17.7 Å². The zero-order valence-corrected chi connectivity index (χ0v) is 10.1. The second kappa shape index (κ2) is 4.35. The van der Waals surface area contributed by atoms with Crippen molar-refractivity contribution in [2.75, 3.05) is 6.61 Å². The molecule has 0 amide bonds. The van der Waals surface area contributed by atoms with Crippen LogP contribution < -0.4 is 4.74 Å². The molecule has 2 aromatic carbocycles. The first-order valence-corrected chi connectivity index (χ1v) is 6.60. The lowest BCUT2D eigenvalue weighted by atomic mass is 10.1. The second-order valence-electron chi connectivity index (χ2n) is 3.52. The molecule has 0 aliphatic heterocycles. The van der Waals surface area contributed by atoms with E-state index in [1.807, 2.05) is 0 Å². The third kappa shape index (κ3) is 2.25. The van der Waals surface area contributed by atoms with E-state index in [0.29, 0.717) is 12.0 Å². The normalized spacial score (nSPS) is 11.6. The van der Waals surface area contributed by atoms with Crippen molar-refractivity contribution in [2.45, 2.75) is 11.8 Å². The zero-order chi connectivity index (χ0) is 12.5. The maximum Gasteiger partial charge on any atom is 0.298 e. The van der Waals surface area contributed by atoms with Gasteiger partial charge in [0.1, 0.15) is 10.6 Å². The first kappa shape index (κ1) is 11.9. The molecular formula is C12H12O4S. The van der Waals surface area contributed by atoms with Gasteiger partial charge in [-0.25, -0.2) is 0 Å². The molecule has 0 unspecified atom stereocenters. The van der Waals surface area contributed by atoms with Gasteiger partial charge >= 0.3 is 0 Å². The van der Waals surface area contributed by atoms with E-state index in [2.05, 4.69) is 0 Å². The minimum absolute atomic E-state index is 0.169. The number of benzene rings is 2. The number of ether oxygens (including phenoxy) is 1. The standard InChI is InChI=1S/C12H12O4S/c1-2-16-11-8-7-9-5-3-4-6-10(9)12(11)17(13,14)15/h3-8H,2H2,1H3,(H,13,14,15). The van der Waals surface area contributed by atoms with Crippen LogP contribution in [0.2, 0.25) is 0 Å². The summed E-state index contributed by atoms with van der Waals surface area (Å²) in [4.78, 5) is -0.169. The van der Waals surface area contributed by atoms with Gasteiger partial charge in [-0.2, -0.15) is 8.42 Å². The summed E-state index contributed by atoms with van der Waals surface area (Å²) in [6, 6.07) is 10.2. The van der Waals surface area contributed by atoms with Gasteiger partial charge in [0.15, 0.2) is 0 Å². The smallest absolute Gasteiger partial charge is 0.298 e. The molecule has 1 N–H and O–H groups in total. The van der Waals surface area contributed by atoms with Crippen LogP contribution in [0.3, 0.4) is 0 Å². The van der Waals surface area contributed by atoms with Gasteiger partial charge in [0.25, 0.3) is 10.1 Å². The highest BCUT2D eigenvalue weighted by Crippen LogP contribution is 2.31. The zero-order valence-electron chi connectivity index (χ0n) is 9.25. The molecule has 0 spiro atoms. The fourth-order valence-corrected chi connectivity index (χ4v) is 2.60. The molecule has 5 heteroatoms. The van der Waals surface area contributed by atoms with Crippen LogP contribution in [0.25, 0.3) is 10.8 Å². The largest absolute Gasteiger partial charge is 0.492 e. The molecule has 2 aromatic rings. The van der Waals surface area contributed by atoms with Gasteiger partial charge in [0.05, 0.1) is 6.61 Å². The van der Waals surface area contributed by atoms with Crippen LogP contribution in [0.4, 0.5) is 0 Å². The van der Waals surface area contributed by atoms with Crippen LogP contribution in [0, 0.1) is 0 Å². The Labute approximate surface area is 99.6 Å². The lowest BCUT2D eigenvalue weighted by molar-refractivity contribution is 0.330. The molecule has 0 radical (unpaired) electrons. The summed E-state index contributed by atoms with van der Waals surface area (Å²) in [5.74, 6) is 0.175. The molecule has 0 saturated carbocycles. The molecule has 0 heterocycles. The number of hydrogen-bond acceptors (Lipinski definition) is 3. The molecule has 0 fully saturated rings. The summed E-state index contributed by atoms with van der Waals surface area (Å²) >= 11 is 0. The summed E-state index contributed by atoms with van der Waals surface area (Å²) < 4.78 is 37.4. The van der Waals surface area contributed by atoms with Gasteiger partial charge in [-0.3, -0.25) is 4.55 Å². The SMILES string of the molecule is CCOc1ccc2ccccc2c1S(=O)(=O)O. The highest BCUT2D eigenvalue weighted by molar-refractivity contribution is 7.86.